The fourth-order valence-electron chi connectivity index (χ4n) is 1.32. The molecule has 2 amide bonds. The number of nitrogens with one attached hydrogen (secondary N) is 2. The highest BCUT2D eigenvalue weighted by atomic mass is 16.5. The van der Waals surface area contributed by atoms with Gasteiger partial charge in [0.05, 0.1) is 18.8 Å². The van der Waals surface area contributed by atoms with Gasteiger partial charge < -0.3 is 24.9 Å². The maximum atomic E-state index is 11.5. The lowest BCUT2D eigenvalue weighted by atomic mass is 10.3. The topological polar surface area (TPSA) is 114 Å². The average molecular weight is 271 g/mol. The van der Waals surface area contributed by atoms with Crippen molar-refractivity contribution in [3.63, 3.8) is 0 Å². The number of hydrogen-bond acceptors (Lipinski definition) is 5. The zero-order valence-corrected chi connectivity index (χ0v) is 11.0. The molecule has 106 valence electrons. The van der Waals surface area contributed by atoms with E-state index in [2.05, 4.69) is 15.6 Å². The molecule has 8 heteroatoms. The van der Waals surface area contributed by atoms with E-state index in [-0.39, 0.29) is 13.2 Å². The van der Waals surface area contributed by atoms with Crippen LogP contribution < -0.4 is 10.6 Å². The minimum atomic E-state index is -1.17. The number of carbonyl (C=O) groups excluding carboxylic acids is 1. The Labute approximate surface area is 110 Å². The molecular weight excluding hydrogens is 254 g/mol. The number of carboxylic acid groups (broad SMARTS) is 1. The number of carboxylic acids is 1. The van der Waals surface area contributed by atoms with Crippen LogP contribution in [0.2, 0.25) is 0 Å². The van der Waals surface area contributed by atoms with Crippen molar-refractivity contribution in [2.45, 2.75) is 26.4 Å². The van der Waals surface area contributed by atoms with Crippen LogP contribution in [-0.4, -0.2) is 41.8 Å². The third-order valence-electron chi connectivity index (χ3n) is 2.41. The number of hydrogen-bond donors (Lipinski definition) is 3. The summed E-state index contributed by atoms with van der Waals surface area (Å²) in [6.45, 7) is 3.53. The van der Waals surface area contributed by atoms with Crippen LogP contribution in [0.4, 0.5) is 4.79 Å². The SMILES string of the molecule is COCC(NC(=O)NCc1nc(C)c(C)o1)C(=O)O. The molecule has 1 atom stereocenters. The maximum absolute atomic E-state index is 11.5. The van der Waals surface area contributed by atoms with Crippen molar-refractivity contribution in [1.29, 1.82) is 0 Å². The maximum Gasteiger partial charge on any atom is 0.328 e. The summed E-state index contributed by atoms with van der Waals surface area (Å²) in [5.74, 6) is -0.122. The molecule has 0 saturated heterocycles. The highest BCUT2D eigenvalue weighted by molar-refractivity contribution is 5.82. The van der Waals surface area contributed by atoms with Crippen molar-refractivity contribution >= 4 is 12.0 Å². The summed E-state index contributed by atoms with van der Waals surface area (Å²) in [5.41, 5.74) is 0.750. The van der Waals surface area contributed by atoms with E-state index in [1.165, 1.54) is 7.11 Å². The number of nitrogens with zero attached hydrogens (tertiary/aromatic N) is 1. The third kappa shape index (κ3) is 4.59. The Morgan fingerprint density at radius 1 is 1.47 bits per heavy atom. The lowest BCUT2D eigenvalue weighted by molar-refractivity contribution is -0.140. The molecule has 0 bridgehead atoms. The largest absolute Gasteiger partial charge is 0.480 e. The van der Waals surface area contributed by atoms with E-state index < -0.39 is 18.0 Å². The van der Waals surface area contributed by atoms with Gasteiger partial charge in [-0.2, -0.15) is 0 Å². The number of oxazole rings is 1. The molecule has 0 aliphatic rings. The molecule has 0 aliphatic carbocycles. The van der Waals surface area contributed by atoms with Crippen LogP contribution in [-0.2, 0) is 16.1 Å². The van der Waals surface area contributed by atoms with E-state index in [0.717, 1.165) is 5.69 Å². The van der Waals surface area contributed by atoms with Gasteiger partial charge in [0, 0.05) is 7.11 Å². The number of aliphatic carboxylic acids is 1. The monoisotopic (exact) mass is 271 g/mol. The Balaban J connectivity index is 2.44. The zero-order chi connectivity index (χ0) is 14.4. The van der Waals surface area contributed by atoms with Gasteiger partial charge in [0.25, 0.3) is 0 Å². The Bertz CT molecular complexity index is 438. The smallest absolute Gasteiger partial charge is 0.328 e. The van der Waals surface area contributed by atoms with Crippen molar-refractivity contribution in [3.05, 3.63) is 17.3 Å². The molecule has 1 rings (SSSR count). The van der Waals surface area contributed by atoms with Crippen LogP contribution in [0.1, 0.15) is 17.3 Å². The molecule has 0 spiro atoms. The molecule has 8 nitrogen and oxygen atoms in total. The molecule has 1 aromatic heterocycles. The van der Waals surface area contributed by atoms with E-state index in [1.54, 1.807) is 13.8 Å². The molecule has 0 fully saturated rings. The first-order valence-electron chi connectivity index (χ1n) is 5.63. The van der Waals surface area contributed by atoms with E-state index in [4.69, 9.17) is 14.3 Å². The second-order valence-corrected chi connectivity index (χ2v) is 3.92. The van der Waals surface area contributed by atoms with Crippen LogP contribution in [0.25, 0.3) is 0 Å². The summed E-state index contributed by atoms with van der Waals surface area (Å²) in [7, 11) is 1.36. The van der Waals surface area contributed by atoms with Crippen LogP contribution in [0, 0.1) is 13.8 Å². The molecule has 0 aliphatic heterocycles. The van der Waals surface area contributed by atoms with Crippen molar-refractivity contribution in [2.75, 3.05) is 13.7 Å². The van der Waals surface area contributed by atoms with Crippen molar-refractivity contribution in [3.8, 4) is 0 Å². The van der Waals surface area contributed by atoms with Crippen LogP contribution >= 0.6 is 0 Å². The summed E-state index contributed by atoms with van der Waals surface area (Å²) in [6.07, 6.45) is 0. The first kappa shape index (κ1) is 15.0. The van der Waals surface area contributed by atoms with E-state index in [9.17, 15) is 9.59 Å². The Kier molecular flexibility index (Phi) is 5.31. The van der Waals surface area contributed by atoms with Crippen molar-refractivity contribution < 1.29 is 23.8 Å². The second-order valence-electron chi connectivity index (χ2n) is 3.92. The number of methoxy groups -OCH3 is 1. The number of rotatable bonds is 6. The number of carbonyl (C=O) groups is 2. The van der Waals surface area contributed by atoms with Gasteiger partial charge in [-0.25, -0.2) is 14.6 Å². The zero-order valence-electron chi connectivity index (χ0n) is 11.0. The summed E-state index contributed by atoms with van der Waals surface area (Å²) >= 11 is 0. The number of amides is 2. The fraction of sp³-hybridized carbons (Fsp3) is 0.545. The molecule has 0 aromatic carbocycles. The molecule has 0 saturated carbocycles. The van der Waals surface area contributed by atoms with Gasteiger partial charge in [-0.3, -0.25) is 0 Å². The highest BCUT2D eigenvalue weighted by Gasteiger charge is 2.19. The summed E-state index contributed by atoms with van der Waals surface area (Å²) in [6, 6.07) is -1.73. The normalized spacial score (nSPS) is 11.9. The number of ether oxygens (including phenoxy) is 1. The molecule has 1 unspecified atom stereocenters. The standard InChI is InChI=1S/C11H17N3O5/c1-6-7(2)19-9(13-6)4-12-11(17)14-8(5-18-3)10(15)16/h8H,4-5H2,1-3H3,(H,15,16)(H2,12,14,17). The van der Waals surface area contributed by atoms with Crippen molar-refractivity contribution in [2.24, 2.45) is 0 Å². The van der Waals surface area contributed by atoms with Gasteiger partial charge in [-0.15, -0.1) is 0 Å². The molecule has 1 aromatic rings. The Morgan fingerprint density at radius 2 is 2.16 bits per heavy atom. The summed E-state index contributed by atoms with van der Waals surface area (Å²) in [4.78, 5) is 26.4. The van der Waals surface area contributed by atoms with Crippen LogP contribution in [0.15, 0.2) is 4.42 Å². The first-order chi connectivity index (χ1) is 8.93. The highest BCUT2D eigenvalue weighted by Crippen LogP contribution is 2.07. The van der Waals surface area contributed by atoms with E-state index in [0.29, 0.717) is 11.7 Å². The summed E-state index contributed by atoms with van der Waals surface area (Å²) in [5, 5.41) is 13.5. The third-order valence-corrected chi connectivity index (χ3v) is 2.41. The predicted octanol–water partition coefficient (Wildman–Crippen LogP) is 0.190. The minimum absolute atomic E-state index is 0.0832. The number of aromatic nitrogens is 1. The lowest BCUT2D eigenvalue weighted by Crippen LogP contribution is -2.48. The first-order valence-corrected chi connectivity index (χ1v) is 5.63. The van der Waals surface area contributed by atoms with Gasteiger partial charge in [0.15, 0.2) is 6.04 Å². The number of aryl methyl sites for hydroxylation is 2. The van der Waals surface area contributed by atoms with Crippen LogP contribution in [0.5, 0.6) is 0 Å². The average Bonchev–Trinajstić information content (AvgIpc) is 2.65. The number of urea groups is 1. The van der Waals surface area contributed by atoms with E-state index >= 15 is 0 Å². The Hall–Kier alpha value is -2.09. The van der Waals surface area contributed by atoms with Crippen molar-refractivity contribution in [1.82, 2.24) is 15.6 Å². The molecular formula is C11H17N3O5. The quantitative estimate of drug-likeness (QED) is 0.680. The minimum Gasteiger partial charge on any atom is -0.480 e. The second kappa shape index (κ2) is 6.74. The van der Waals surface area contributed by atoms with Gasteiger partial charge in [-0.05, 0) is 13.8 Å². The van der Waals surface area contributed by atoms with Gasteiger partial charge in [-0.1, -0.05) is 0 Å². The summed E-state index contributed by atoms with van der Waals surface area (Å²) < 4.78 is 9.96. The molecule has 19 heavy (non-hydrogen) atoms. The van der Waals surface area contributed by atoms with Gasteiger partial charge in [0.1, 0.15) is 5.76 Å². The molecule has 1 heterocycles. The fourth-order valence-corrected chi connectivity index (χ4v) is 1.32. The molecule has 3 N–H and O–H groups in total. The lowest BCUT2D eigenvalue weighted by Gasteiger charge is -2.13. The van der Waals surface area contributed by atoms with Gasteiger partial charge >= 0.3 is 12.0 Å². The van der Waals surface area contributed by atoms with Gasteiger partial charge in [0.2, 0.25) is 5.89 Å². The van der Waals surface area contributed by atoms with Crippen LogP contribution in [0.3, 0.4) is 0 Å². The van der Waals surface area contributed by atoms with E-state index in [1.807, 2.05) is 0 Å². The Morgan fingerprint density at radius 3 is 2.63 bits per heavy atom. The molecule has 0 radical (unpaired) electrons. The predicted molar refractivity (Wildman–Crippen MR) is 64.6 cm³/mol.